The monoisotopic (exact) mass is 173 g/mol. The molecule has 0 aromatic rings. The van der Waals surface area contributed by atoms with Crippen molar-refractivity contribution in [1.29, 1.82) is 0 Å². The Hall–Kier alpha value is -1.59. The zero-order valence-corrected chi connectivity index (χ0v) is 6.10. The van der Waals surface area contributed by atoms with Crippen molar-refractivity contribution in [2.75, 3.05) is 6.73 Å². The second kappa shape index (κ2) is 3.21. The highest BCUT2D eigenvalue weighted by Gasteiger charge is 2.35. The molecule has 6 heteroatoms. The van der Waals surface area contributed by atoms with Crippen LogP contribution in [-0.2, 0) is 19.1 Å². The van der Waals surface area contributed by atoms with E-state index in [0.717, 1.165) is 4.90 Å². The summed E-state index contributed by atoms with van der Waals surface area (Å²) in [6.45, 7) is -0.152. The third kappa shape index (κ3) is 1.52. The summed E-state index contributed by atoms with van der Waals surface area (Å²) in [6, 6.07) is -0.958. The van der Waals surface area contributed by atoms with Gasteiger partial charge < -0.3 is 9.84 Å². The van der Waals surface area contributed by atoms with Gasteiger partial charge in [0.05, 0.1) is 6.42 Å². The summed E-state index contributed by atoms with van der Waals surface area (Å²) >= 11 is 0. The van der Waals surface area contributed by atoms with E-state index in [0.29, 0.717) is 6.41 Å². The molecule has 0 radical (unpaired) electrons. The first kappa shape index (κ1) is 8.51. The van der Waals surface area contributed by atoms with Gasteiger partial charge in [-0.15, -0.1) is 0 Å². The highest BCUT2D eigenvalue weighted by atomic mass is 16.6. The van der Waals surface area contributed by atoms with E-state index in [1.165, 1.54) is 0 Å². The molecule has 1 aliphatic rings. The molecule has 1 atom stereocenters. The standard InChI is InChI=1S/C6H7NO5/c8-2-7-3-12-6(11)4(7)1-5(9)10/h2,4H,1,3H2,(H,9,10). The molecule has 1 fully saturated rings. The summed E-state index contributed by atoms with van der Waals surface area (Å²) < 4.78 is 4.46. The minimum Gasteiger partial charge on any atom is -0.481 e. The molecular formula is C6H7NO5. The van der Waals surface area contributed by atoms with Crippen LogP contribution in [0.3, 0.4) is 0 Å². The molecule has 0 spiro atoms. The van der Waals surface area contributed by atoms with Gasteiger partial charge in [-0.1, -0.05) is 0 Å². The molecule has 0 aromatic carbocycles. The van der Waals surface area contributed by atoms with Gasteiger partial charge in [-0.3, -0.25) is 14.5 Å². The van der Waals surface area contributed by atoms with Gasteiger partial charge in [0.2, 0.25) is 6.41 Å². The summed E-state index contributed by atoms with van der Waals surface area (Å²) in [4.78, 5) is 32.3. The molecule has 1 aliphatic heterocycles. The van der Waals surface area contributed by atoms with E-state index < -0.39 is 24.4 Å². The van der Waals surface area contributed by atoms with E-state index in [4.69, 9.17) is 5.11 Å². The van der Waals surface area contributed by atoms with Gasteiger partial charge in [0.25, 0.3) is 0 Å². The van der Waals surface area contributed by atoms with Crippen molar-refractivity contribution in [2.24, 2.45) is 0 Å². The lowest BCUT2D eigenvalue weighted by Crippen LogP contribution is -2.33. The Balaban J connectivity index is 2.63. The summed E-state index contributed by atoms with van der Waals surface area (Å²) in [6.07, 6.45) is -0.00389. The number of esters is 1. The number of carbonyl (C=O) groups excluding carboxylic acids is 2. The van der Waals surface area contributed by atoms with E-state index in [1.54, 1.807) is 0 Å². The van der Waals surface area contributed by atoms with Crippen LogP contribution in [0.2, 0.25) is 0 Å². The predicted molar refractivity (Wildman–Crippen MR) is 34.9 cm³/mol. The summed E-state index contributed by atoms with van der Waals surface area (Å²) in [7, 11) is 0. The molecule has 0 aliphatic carbocycles. The number of carboxylic acid groups (broad SMARTS) is 1. The quantitative estimate of drug-likeness (QED) is 0.428. The second-order valence-corrected chi connectivity index (χ2v) is 2.33. The number of cyclic esters (lactones) is 1. The van der Waals surface area contributed by atoms with E-state index in [9.17, 15) is 14.4 Å². The summed E-state index contributed by atoms with van der Waals surface area (Å²) in [5.41, 5.74) is 0. The van der Waals surface area contributed by atoms with Gasteiger partial charge in [-0.05, 0) is 0 Å². The summed E-state index contributed by atoms with van der Waals surface area (Å²) in [5, 5.41) is 8.35. The summed E-state index contributed by atoms with van der Waals surface area (Å²) in [5.74, 6) is -1.80. The molecule has 12 heavy (non-hydrogen) atoms. The van der Waals surface area contributed by atoms with Crippen molar-refractivity contribution < 1.29 is 24.2 Å². The van der Waals surface area contributed by atoms with Crippen LogP contribution in [0.25, 0.3) is 0 Å². The van der Waals surface area contributed by atoms with Crippen LogP contribution in [0.15, 0.2) is 0 Å². The molecular weight excluding hydrogens is 166 g/mol. The topological polar surface area (TPSA) is 83.9 Å². The lowest BCUT2D eigenvalue weighted by Gasteiger charge is -2.11. The van der Waals surface area contributed by atoms with Gasteiger partial charge >= 0.3 is 11.9 Å². The van der Waals surface area contributed by atoms with E-state index in [1.807, 2.05) is 0 Å². The lowest BCUT2D eigenvalue weighted by molar-refractivity contribution is -0.144. The first-order valence-electron chi connectivity index (χ1n) is 3.24. The van der Waals surface area contributed by atoms with Crippen molar-refractivity contribution in [3.63, 3.8) is 0 Å². The fourth-order valence-electron chi connectivity index (χ4n) is 0.930. The average molecular weight is 173 g/mol. The van der Waals surface area contributed by atoms with Gasteiger partial charge in [-0.25, -0.2) is 4.79 Å². The minimum absolute atomic E-state index is 0.152. The molecule has 1 N–H and O–H groups in total. The smallest absolute Gasteiger partial charge is 0.331 e. The third-order valence-corrected chi connectivity index (χ3v) is 1.53. The van der Waals surface area contributed by atoms with Crippen molar-refractivity contribution in [3.8, 4) is 0 Å². The number of nitrogens with zero attached hydrogens (tertiary/aromatic N) is 1. The Labute approximate surface area is 67.7 Å². The first-order chi connectivity index (χ1) is 5.65. The van der Waals surface area contributed by atoms with Crippen LogP contribution < -0.4 is 0 Å². The maximum absolute atomic E-state index is 10.8. The van der Waals surface area contributed by atoms with Crippen LogP contribution in [0.1, 0.15) is 6.42 Å². The Morgan fingerprint density at radius 1 is 1.83 bits per heavy atom. The number of rotatable bonds is 3. The average Bonchev–Trinajstić information content (AvgIpc) is 2.32. The molecule has 0 saturated carbocycles. The number of aliphatic carboxylic acids is 1. The van der Waals surface area contributed by atoms with Crippen LogP contribution in [-0.4, -0.2) is 41.1 Å². The highest BCUT2D eigenvalue weighted by molar-refractivity contribution is 5.85. The molecule has 0 bridgehead atoms. The maximum Gasteiger partial charge on any atom is 0.331 e. The number of ether oxygens (including phenoxy) is 1. The Morgan fingerprint density at radius 3 is 3.00 bits per heavy atom. The highest BCUT2D eigenvalue weighted by Crippen LogP contribution is 2.11. The number of hydrogen-bond acceptors (Lipinski definition) is 4. The molecule has 1 amide bonds. The van der Waals surface area contributed by atoms with Gasteiger partial charge in [0.1, 0.15) is 6.04 Å². The number of hydrogen-bond donors (Lipinski definition) is 1. The predicted octanol–water partition coefficient (Wildman–Crippen LogP) is -1.20. The zero-order valence-electron chi connectivity index (χ0n) is 6.10. The zero-order chi connectivity index (χ0) is 9.14. The molecule has 1 unspecified atom stereocenters. The largest absolute Gasteiger partial charge is 0.481 e. The molecule has 66 valence electrons. The number of amides is 1. The molecule has 1 saturated heterocycles. The number of carboxylic acids is 1. The Kier molecular flexibility index (Phi) is 2.27. The van der Waals surface area contributed by atoms with Gasteiger partial charge in [0.15, 0.2) is 6.73 Å². The fourth-order valence-corrected chi connectivity index (χ4v) is 0.930. The maximum atomic E-state index is 10.8. The SMILES string of the molecule is O=CN1COC(=O)C1CC(=O)O. The van der Waals surface area contributed by atoms with Gasteiger partial charge in [-0.2, -0.15) is 0 Å². The lowest BCUT2D eigenvalue weighted by atomic mass is 10.2. The van der Waals surface area contributed by atoms with E-state index in [2.05, 4.69) is 4.74 Å². The second-order valence-electron chi connectivity index (χ2n) is 2.33. The van der Waals surface area contributed by atoms with Gasteiger partial charge in [0, 0.05) is 0 Å². The molecule has 1 rings (SSSR count). The van der Waals surface area contributed by atoms with Crippen molar-refractivity contribution in [3.05, 3.63) is 0 Å². The number of carbonyl (C=O) groups is 3. The van der Waals surface area contributed by atoms with Crippen LogP contribution in [0.4, 0.5) is 0 Å². The van der Waals surface area contributed by atoms with Crippen LogP contribution in [0.5, 0.6) is 0 Å². The normalized spacial score (nSPS) is 22.2. The van der Waals surface area contributed by atoms with Crippen molar-refractivity contribution >= 4 is 18.3 Å². The Bertz CT molecular complexity index is 226. The first-order valence-corrected chi connectivity index (χ1v) is 3.24. The third-order valence-electron chi connectivity index (χ3n) is 1.53. The Morgan fingerprint density at radius 2 is 2.50 bits per heavy atom. The van der Waals surface area contributed by atoms with E-state index >= 15 is 0 Å². The molecule has 0 aromatic heterocycles. The molecule has 6 nitrogen and oxygen atoms in total. The van der Waals surface area contributed by atoms with Crippen LogP contribution >= 0.6 is 0 Å². The fraction of sp³-hybridized carbons (Fsp3) is 0.500. The van der Waals surface area contributed by atoms with Crippen LogP contribution in [0, 0.1) is 0 Å². The molecule has 1 heterocycles. The van der Waals surface area contributed by atoms with Crippen molar-refractivity contribution in [2.45, 2.75) is 12.5 Å². The minimum atomic E-state index is -1.13. The van der Waals surface area contributed by atoms with Crippen molar-refractivity contribution in [1.82, 2.24) is 4.90 Å². The van der Waals surface area contributed by atoms with E-state index in [-0.39, 0.29) is 6.73 Å².